The summed E-state index contributed by atoms with van der Waals surface area (Å²) in [4.78, 5) is 11.4. The van der Waals surface area contributed by atoms with Crippen LogP contribution in [0.25, 0.3) is 0 Å². The minimum absolute atomic E-state index is 0.00737. The van der Waals surface area contributed by atoms with Gasteiger partial charge in [-0.3, -0.25) is 10.2 Å². The van der Waals surface area contributed by atoms with E-state index in [4.69, 9.17) is 10.9 Å². The fourth-order valence-electron chi connectivity index (χ4n) is 2.41. The van der Waals surface area contributed by atoms with E-state index < -0.39 is 0 Å². The van der Waals surface area contributed by atoms with Gasteiger partial charge in [-0.2, -0.15) is 0 Å². The molecule has 0 bridgehead atoms. The number of aliphatic hydroxyl groups is 2. The van der Waals surface area contributed by atoms with Gasteiger partial charge in [0.25, 0.3) is 0 Å². The molecule has 0 unspecified atom stereocenters. The molecule has 0 heterocycles. The van der Waals surface area contributed by atoms with Crippen molar-refractivity contribution in [2.45, 2.75) is 44.6 Å². The topological polar surface area (TPSA) is 95.6 Å². The van der Waals surface area contributed by atoms with Crippen LogP contribution in [0.2, 0.25) is 0 Å². The van der Waals surface area contributed by atoms with Crippen LogP contribution in [-0.4, -0.2) is 28.8 Å². The fourth-order valence-corrected chi connectivity index (χ4v) is 2.41. The smallest absolute Gasteiger partial charge is 0.237 e. The van der Waals surface area contributed by atoms with E-state index >= 15 is 0 Å². The Kier molecular flexibility index (Phi) is 5.73. The molecule has 5 nitrogen and oxygen atoms in total. The standard InChI is InChI=1S/C11H22N2O3/c12-13-11(16)9(5-6-14)7-8-1-3-10(15)4-2-8/h8-10,14-15H,1-7,12H2,(H,13,16)/t8?,9-,10?/m0/s1. The van der Waals surface area contributed by atoms with Gasteiger partial charge in [-0.25, -0.2) is 5.84 Å². The van der Waals surface area contributed by atoms with Gasteiger partial charge < -0.3 is 10.2 Å². The molecule has 0 aliphatic heterocycles. The Labute approximate surface area is 96.0 Å². The van der Waals surface area contributed by atoms with Gasteiger partial charge in [0.1, 0.15) is 0 Å². The summed E-state index contributed by atoms with van der Waals surface area (Å²) in [5.41, 5.74) is 2.15. The Morgan fingerprint density at radius 2 is 2.00 bits per heavy atom. The van der Waals surface area contributed by atoms with Crippen molar-refractivity contribution in [2.75, 3.05) is 6.61 Å². The molecule has 1 fully saturated rings. The zero-order valence-electron chi connectivity index (χ0n) is 9.56. The van der Waals surface area contributed by atoms with Crippen molar-refractivity contribution in [2.24, 2.45) is 17.7 Å². The molecule has 0 aromatic carbocycles. The van der Waals surface area contributed by atoms with Crippen LogP contribution in [0.3, 0.4) is 0 Å². The van der Waals surface area contributed by atoms with Crippen LogP contribution in [0.4, 0.5) is 0 Å². The number of carbonyl (C=O) groups is 1. The number of amides is 1. The van der Waals surface area contributed by atoms with Crippen molar-refractivity contribution < 1.29 is 15.0 Å². The lowest BCUT2D eigenvalue weighted by molar-refractivity contribution is -0.126. The van der Waals surface area contributed by atoms with Crippen molar-refractivity contribution in [3.05, 3.63) is 0 Å². The fraction of sp³-hybridized carbons (Fsp3) is 0.909. The molecule has 16 heavy (non-hydrogen) atoms. The second kappa shape index (κ2) is 6.83. The molecule has 1 aliphatic rings. The Hall–Kier alpha value is -0.650. The molecule has 5 N–H and O–H groups in total. The van der Waals surface area contributed by atoms with Gasteiger partial charge >= 0.3 is 0 Å². The molecule has 94 valence electrons. The van der Waals surface area contributed by atoms with E-state index in [2.05, 4.69) is 5.43 Å². The Bertz CT molecular complexity index is 215. The summed E-state index contributed by atoms with van der Waals surface area (Å²) in [5, 5.41) is 18.3. The second-order valence-corrected chi connectivity index (χ2v) is 4.63. The predicted molar refractivity (Wildman–Crippen MR) is 60.1 cm³/mol. The third-order valence-corrected chi connectivity index (χ3v) is 3.42. The number of hydrogen-bond donors (Lipinski definition) is 4. The molecule has 0 aromatic rings. The van der Waals surface area contributed by atoms with Crippen LogP contribution in [0.15, 0.2) is 0 Å². The van der Waals surface area contributed by atoms with E-state index in [1.807, 2.05) is 0 Å². The van der Waals surface area contributed by atoms with Gasteiger partial charge in [0.15, 0.2) is 0 Å². The first-order valence-corrected chi connectivity index (χ1v) is 5.96. The van der Waals surface area contributed by atoms with Gasteiger partial charge in [-0.1, -0.05) is 0 Å². The third kappa shape index (κ3) is 4.08. The largest absolute Gasteiger partial charge is 0.396 e. The molecule has 1 saturated carbocycles. The summed E-state index contributed by atoms with van der Waals surface area (Å²) >= 11 is 0. The van der Waals surface area contributed by atoms with E-state index in [-0.39, 0.29) is 24.5 Å². The summed E-state index contributed by atoms with van der Waals surface area (Å²) < 4.78 is 0. The highest BCUT2D eigenvalue weighted by Crippen LogP contribution is 2.30. The first-order valence-electron chi connectivity index (χ1n) is 5.96. The molecule has 5 heteroatoms. The van der Waals surface area contributed by atoms with Crippen LogP contribution >= 0.6 is 0 Å². The first-order chi connectivity index (χ1) is 7.67. The average Bonchev–Trinajstić information content (AvgIpc) is 2.30. The normalized spacial score (nSPS) is 27.4. The monoisotopic (exact) mass is 230 g/mol. The minimum atomic E-state index is -0.199. The molecule has 0 radical (unpaired) electrons. The lowest BCUT2D eigenvalue weighted by atomic mass is 9.80. The van der Waals surface area contributed by atoms with Gasteiger partial charge in [-0.15, -0.1) is 0 Å². The Morgan fingerprint density at radius 3 is 2.50 bits per heavy atom. The number of nitrogens with one attached hydrogen (secondary N) is 1. The van der Waals surface area contributed by atoms with Crippen molar-refractivity contribution in [3.8, 4) is 0 Å². The number of hydrogen-bond acceptors (Lipinski definition) is 4. The van der Waals surface area contributed by atoms with Crippen LogP contribution in [-0.2, 0) is 4.79 Å². The maximum atomic E-state index is 11.4. The van der Waals surface area contributed by atoms with Gasteiger partial charge in [0, 0.05) is 12.5 Å². The van der Waals surface area contributed by atoms with Crippen molar-refractivity contribution >= 4 is 5.91 Å². The molecule has 1 rings (SSSR count). The number of carbonyl (C=O) groups excluding carboxylic acids is 1. The highest BCUT2D eigenvalue weighted by atomic mass is 16.3. The van der Waals surface area contributed by atoms with Gasteiger partial charge in [-0.05, 0) is 44.4 Å². The minimum Gasteiger partial charge on any atom is -0.396 e. The molecule has 0 saturated heterocycles. The highest BCUT2D eigenvalue weighted by Gasteiger charge is 2.25. The quantitative estimate of drug-likeness (QED) is 0.302. The molecule has 0 spiro atoms. The SMILES string of the molecule is NNC(=O)[C@@H](CCO)CC1CCC(O)CC1. The van der Waals surface area contributed by atoms with E-state index in [9.17, 15) is 9.90 Å². The average molecular weight is 230 g/mol. The van der Waals surface area contributed by atoms with Crippen LogP contribution in [0.5, 0.6) is 0 Å². The maximum absolute atomic E-state index is 11.4. The summed E-state index contributed by atoms with van der Waals surface area (Å²) in [6, 6.07) is 0. The summed E-state index contributed by atoms with van der Waals surface area (Å²) in [6.07, 6.45) is 4.61. The van der Waals surface area contributed by atoms with Crippen molar-refractivity contribution in [1.82, 2.24) is 5.43 Å². The zero-order valence-corrected chi connectivity index (χ0v) is 9.56. The zero-order chi connectivity index (χ0) is 12.0. The molecule has 1 atom stereocenters. The third-order valence-electron chi connectivity index (χ3n) is 3.42. The Balaban J connectivity index is 2.39. The van der Waals surface area contributed by atoms with E-state index in [0.717, 1.165) is 32.1 Å². The number of rotatable bonds is 5. The lowest BCUT2D eigenvalue weighted by Gasteiger charge is -2.27. The number of aliphatic hydroxyl groups excluding tert-OH is 2. The summed E-state index contributed by atoms with van der Waals surface area (Å²) in [6.45, 7) is 0.00737. The lowest BCUT2D eigenvalue weighted by Crippen LogP contribution is -2.37. The predicted octanol–water partition coefficient (Wildman–Crippen LogP) is -0.0839. The number of hydrazine groups is 1. The van der Waals surface area contributed by atoms with Gasteiger partial charge in [0.05, 0.1) is 6.10 Å². The molecule has 1 aliphatic carbocycles. The van der Waals surface area contributed by atoms with Crippen molar-refractivity contribution in [1.29, 1.82) is 0 Å². The number of nitrogens with two attached hydrogens (primary N) is 1. The molecule has 1 amide bonds. The molecular formula is C11H22N2O3. The van der Waals surface area contributed by atoms with Crippen LogP contribution < -0.4 is 11.3 Å². The molecule has 0 aromatic heterocycles. The molecular weight excluding hydrogens is 208 g/mol. The van der Waals surface area contributed by atoms with E-state index in [1.54, 1.807) is 0 Å². The van der Waals surface area contributed by atoms with E-state index in [1.165, 1.54) is 0 Å². The Morgan fingerprint density at radius 1 is 1.38 bits per heavy atom. The van der Waals surface area contributed by atoms with E-state index in [0.29, 0.717) is 12.3 Å². The second-order valence-electron chi connectivity index (χ2n) is 4.63. The highest BCUT2D eigenvalue weighted by molar-refractivity contribution is 5.77. The summed E-state index contributed by atoms with van der Waals surface area (Å²) in [7, 11) is 0. The van der Waals surface area contributed by atoms with Crippen LogP contribution in [0.1, 0.15) is 38.5 Å². The maximum Gasteiger partial charge on any atom is 0.237 e. The first kappa shape index (κ1) is 13.4. The van der Waals surface area contributed by atoms with Gasteiger partial charge in [0.2, 0.25) is 5.91 Å². The van der Waals surface area contributed by atoms with Crippen LogP contribution in [0, 0.1) is 11.8 Å². The van der Waals surface area contributed by atoms with Crippen molar-refractivity contribution in [3.63, 3.8) is 0 Å². The summed E-state index contributed by atoms with van der Waals surface area (Å²) in [5.74, 6) is 5.19.